The molecule has 0 heterocycles. The lowest BCUT2D eigenvalue weighted by Gasteiger charge is -2.02. The average Bonchev–Trinajstić information content (AvgIpc) is 1.67. The summed E-state index contributed by atoms with van der Waals surface area (Å²) in [5.41, 5.74) is -0.651. The van der Waals surface area contributed by atoms with Gasteiger partial charge in [0.05, 0.1) is 6.07 Å². The lowest BCUT2D eigenvalue weighted by atomic mass is 10.1. The van der Waals surface area contributed by atoms with Gasteiger partial charge in [-0.15, -0.1) is 0 Å². The number of nitriles is 1. The van der Waals surface area contributed by atoms with Crippen molar-refractivity contribution in [3.8, 4) is 6.07 Å². The second-order valence-electron chi connectivity index (χ2n) is 1.94. The minimum atomic E-state index is -0.651. The molecule has 0 saturated heterocycles. The van der Waals surface area contributed by atoms with Gasteiger partial charge >= 0.3 is 0 Å². The van der Waals surface area contributed by atoms with Gasteiger partial charge in [-0.2, -0.15) is 5.26 Å². The van der Waals surface area contributed by atoms with Gasteiger partial charge in [-0.25, -0.2) is 4.99 Å². The van der Waals surface area contributed by atoms with Crippen molar-refractivity contribution < 1.29 is 0 Å². The zero-order valence-corrected chi connectivity index (χ0v) is 5.10. The van der Waals surface area contributed by atoms with E-state index in [2.05, 4.69) is 17.4 Å². The fourth-order valence-electron chi connectivity index (χ4n) is 0.223. The van der Waals surface area contributed by atoms with E-state index < -0.39 is 5.54 Å². The second-order valence-corrected chi connectivity index (χ2v) is 1.94. The molecule has 0 aromatic rings. The molecular formula is C6H8N2. The zero-order chi connectivity index (χ0) is 6.62. The zero-order valence-electron chi connectivity index (χ0n) is 5.10. The third-order valence-electron chi connectivity index (χ3n) is 0.632. The molecule has 2 nitrogen and oxygen atoms in total. The van der Waals surface area contributed by atoms with Crippen molar-refractivity contribution in [2.45, 2.75) is 19.4 Å². The Balaban J connectivity index is 4.19. The third kappa shape index (κ3) is 2.17. The minimum Gasteiger partial charge on any atom is -0.222 e. The van der Waals surface area contributed by atoms with Crippen LogP contribution in [0, 0.1) is 11.3 Å². The first-order chi connectivity index (χ1) is 3.62. The van der Waals surface area contributed by atoms with Gasteiger partial charge in [0.15, 0.2) is 5.54 Å². The van der Waals surface area contributed by atoms with Gasteiger partial charge in [0.25, 0.3) is 0 Å². The molecule has 0 spiro atoms. The normalized spacial score (nSPS) is 9.12. The predicted molar refractivity (Wildman–Crippen MR) is 32.8 cm³/mol. The molecule has 8 heavy (non-hydrogen) atoms. The van der Waals surface area contributed by atoms with Gasteiger partial charge in [0, 0.05) is 0 Å². The first kappa shape index (κ1) is 6.94. The Morgan fingerprint density at radius 3 is 2.25 bits per heavy atom. The molecule has 0 unspecified atom stereocenters. The van der Waals surface area contributed by atoms with E-state index in [9.17, 15) is 0 Å². The summed E-state index contributed by atoms with van der Waals surface area (Å²) in [5.74, 6) is 2.31. The van der Waals surface area contributed by atoms with Crippen molar-refractivity contribution in [2.24, 2.45) is 4.99 Å². The fraction of sp³-hybridized carbons (Fsp3) is 0.500. The third-order valence-corrected chi connectivity index (χ3v) is 0.632. The Morgan fingerprint density at radius 2 is 2.12 bits per heavy atom. The molecule has 42 valence electrons. The fourth-order valence-corrected chi connectivity index (χ4v) is 0.223. The van der Waals surface area contributed by atoms with Crippen molar-refractivity contribution in [3.05, 3.63) is 6.58 Å². The Labute approximate surface area is 49.2 Å². The van der Waals surface area contributed by atoms with Crippen LogP contribution in [0.5, 0.6) is 0 Å². The molecule has 0 radical (unpaired) electrons. The Bertz CT molecular complexity index is 156. The highest BCUT2D eigenvalue weighted by Gasteiger charge is 2.11. The summed E-state index contributed by atoms with van der Waals surface area (Å²) in [7, 11) is 0. The van der Waals surface area contributed by atoms with Crippen molar-refractivity contribution in [3.63, 3.8) is 0 Å². The van der Waals surface area contributed by atoms with E-state index in [1.807, 2.05) is 6.07 Å². The van der Waals surface area contributed by atoms with Gasteiger partial charge in [-0.1, -0.05) is 0 Å². The van der Waals surface area contributed by atoms with Crippen molar-refractivity contribution in [1.29, 1.82) is 5.26 Å². The van der Waals surface area contributed by atoms with Gasteiger partial charge in [0.1, 0.15) is 0 Å². The van der Waals surface area contributed by atoms with Crippen molar-refractivity contribution >= 4 is 5.87 Å². The van der Waals surface area contributed by atoms with Crippen LogP contribution in [0.2, 0.25) is 0 Å². The van der Waals surface area contributed by atoms with E-state index in [0.29, 0.717) is 0 Å². The number of hydrogen-bond donors (Lipinski definition) is 0. The van der Waals surface area contributed by atoms with E-state index in [1.165, 1.54) is 0 Å². The molecule has 0 amide bonds. The van der Waals surface area contributed by atoms with E-state index >= 15 is 0 Å². The topological polar surface area (TPSA) is 36.1 Å². The van der Waals surface area contributed by atoms with Crippen LogP contribution in [0.15, 0.2) is 11.6 Å². The number of rotatable bonds is 1. The van der Waals surface area contributed by atoms with E-state index in [0.717, 1.165) is 0 Å². The minimum absolute atomic E-state index is 0.651. The molecule has 0 atom stereocenters. The average molecular weight is 108 g/mol. The molecule has 0 aliphatic carbocycles. The maximum absolute atomic E-state index is 8.31. The molecule has 0 fully saturated rings. The molecule has 2 heteroatoms. The Kier molecular flexibility index (Phi) is 1.99. The SMILES string of the molecule is C=C=NC(C)(C)C#N. The van der Waals surface area contributed by atoms with E-state index in [1.54, 1.807) is 13.8 Å². The molecular weight excluding hydrogens is 100 g/mol. The summed E-state index contributed by atoms with van der Waals surface area (Å²) in [6.07, 6.45) is 0. The van der Waals surface area contributed by atoms with Crippen LogP contribution in [-0.2, 0) is 0 Å². The highest BCUT2D eigenvalue weighted by atomic mass is 14.8. The predicted octanol–water partition coefficient (Wildman–Crippen LogP) is 1.14. The quantitative estimate of drug-likeness (QED) is 0.464. The van der Waals surface area contributed by atoms with Crippen LogP contribution in [-0.4, -0.2) is 11.4 Å². The summed E-state index contributed by atoms with van der Waals surface area (Å²) in [4.78, 5) is 3.65. The lowest BCUT2D eigenvalue weighted by Crippen LogP contribution is -2.11. The number of nitrogens with zero attached hydrogens (tertiary/aromatic N) is 2. The standard InChI is InChI=1S/C6H8N2/c1-4-8-6(2,3)5-7/h1H2,2-3H3. The number of hydrogen-bond acceptors (Lipinski definition) is 2. The summed E-state index contributed by atoms with van der Waals surface area (Å²) in [5, 5.41) is 8.31. The van der Waals surface area contributed by atoms with Crippen LogP contribution < -0.4 is 0 Å². The molecule has 0 aliphatic rings. The van der Waals surface area contributed by atoms with Crippen LogP contribution in [0.3, 0.4) is 0 Å². The summed E-state index contributed by atoms with van der Waals surface area (Å²) in [6, 6.07) is 1.97. The molecule has 0 bridgehead atoms. The summed E-state index contributed by atoms with van der Waals surface area (Å²) < 4.78 is 0. The lowest BCUT2D eigenvalue weighted by molar-refractivity contribution is 0.678. The van der Waals surface area contributed by atoms with Crippen LogP contribution in [0.4, 0.5) is 0 Å². The van der Waals surface area contributed by atoms with Crippen LogP contribution in [0.1, 0.15) is 13.8 Å². The second kappa shape index (κ2) is 2.30. The smallest absolute Gasteiger partial charge is 0.150 e. The van der Waals surface area contributed by atoms with Gasteiger partial charge in [0.2, 0.25) is 0 Å². The van der Waals surface area contributed by atoms with Crippen molar-refractivity contribution in [1.82, 2.24) is 0 Å². The monoisotopic (exact) mass is 108 g/mol. The molecule has 0 rings (SSSR count). The largest absolute Gasteiger partial charge is 0.222 e. The van der Waals surface area contributed by atoms with E-state index in [-0.39, 0.29) is 0 Å². The Morgan fingerprint density at radius 1 is 1.62 bits per heavy atom. The van der Waals surface area contributed by atoms with E-state index in [4.69, 9.17) is 5.26 Å². The van der Waals surface area contributed by atoms with Gasteiger partial charge in [-0.3, -0.25) is 0 Å². The number of aliphatic imine (C=N–C) groups is 1. The maximum Gasteiger partial charge on any atom is 0.150 e. The Hall–Kier alpha value is -1.06. The summed E-state index contributed by atoms with van der Waals surface area (Å²) in [6.45, 7) is 6.65. The first-order valence-corrected chi connectivity index (χ1v) is 2.27. The van der Waals surface area contributed by atoms with Crippen molar-refractivity contribution in [2.75, 3.05) is 0 Å². The highest BCUT2D eigenvalue weighted by Crippen LogP contribution is 2.03. The van der Waals surface area contributed by atoms with Gasteiger partial charge < -0.3 is 0 Å². The molecule has 0 saturated carbocycles. The van der Waals surface area contributed by atoms with Crippen LogP contribution in [0.25, 0.3) is 0 Å². The first-order valence-electron chi connectivity index (χ1n) is 2.27. The molecule has 0 aromatic carbocycles. The van der Waals surface area contributed by atoms with Crippen LogP contribution >= 0.6 is 0 Å². The molecule has 0 aromatic heterocycles. The summed E-state index contributed by atoms with van der Waals surface area (Å²) >= 11 is 0. The van der Waals surface area contributed by atoms with Gasteiger partial charge in [-0.05, 0) is 26.3 Å². The highest BCUT2D eigenvalue weighted by molar-refractivity contribution is 5.48. The maximum atomic E-state index is 8.31. The molecule has 0 aliphatic heterocycles. The molecule has 0 N–H and O–H groups in total.